The fraction of sp³-hybridized carbons (Fsp3) is 0.562. The second-order valence-electron chi connectivity index (χ2n) is 6.36. The number of aryl methyl sites for hydroxylation is 1. The van der Waals surface area contributed by atoms with Crippen LogP contribution in [0.15, 0.2) is 24.3 Å². The number of amides is 2. The first kappa shape index (κ1) is 16.5. The standard InChI is InChI=1S/C16H26N2O2/c1-11-8-6-7-9-13(11)14(16(3,4)5)18-15(20)17-12(2)10-19/h6-9,12,14,19H,10H2,1-5H3,(H2,17,18,20)/t12-,14?/m0/s1. The quantitative estimate of drug-likeness (QED) is 0.793. The number of benzene rings is 1. The Morgan fingerprint density at radius 2 is 1.85 bits per heavy atom. The van der Waals surface area contributed by atoms with Crippen LogP contribution in [0.25, 0.3) is 0 Å². The molecule has 0 aromatic heterocycles. The number of aliphatic hydroxyl groups is 1. The highest BCUT2D eigenvalue weighted by Gasteiger charge is 2.29. The maximum atomic E-state index is 12.0. The number of aliphatic hydroxyl groups excluding tert-OH is 1. The molecule has 0 saturated heterocycles. The molecule has 2 atom stereocenters. The first-order valence-corrected chi connectivity index (χ1v) is 6.99. The van der Waals surface area contributed by atoms with Gasteiger partial charge in [-0.05, 0) is 30.4 Å². The topological polar surface area (TPSA) is 61.4 Å². The van der Waals surface area contributed by atoms with E-state index in [4.69, 9.17) is 5.11 Å². The summed E-state index contributed by atoms with van der Waals surface area (Å²) in [5, 5.41) is 14.7. The lowest BCUT2D eigenvalue weighted by atomic mass is 9.81. The SMILES string of the molecule is Cc1ccccc1C(NC(=O)N[C@@H](C)CO)C(C)(C)C. The van der Waals surface area contributed by atoms with E-state index in [1.807, 2.05) is 31.2 Å². The Kier molecular flexibility index (Phi) is 5.57. The lowest BCUT2D eigenvalue weighted by Gasteiger charge is -2.33. The summed E-state index contributed by atoms with van der Waals surface area (Å²) >= 11 is 0. The van der Waals surface area contributed by atoms with Gasteiger partial charge in [-0.3, -0.25) is 0 Å². The summed E-state index contributed by atoms with van der Waals surface area (Å²) < 4.78 is 0. The molecule has 0 spiro atoms. The lowest BCUT2D eigenvalue weighted by Crippen LogP contribution is -2.46. The maximum absolute atomic E-state index is 12.0. The fourth-order valence-corrected chi connectivity index (χ4v) is 2.11. The van der Waals surface area contributed by atoms with Crippen LogP contribution in [0.4, 0.5) is 4.79 Å². The lowest BCUT2D eigenvalue weighted by molar-refractivity contribution is 0.204. The van der Waals surface area contributed by atoms with E-state index in [2.05, 4.69) is 31.4 Å². The molecule has 0 aliphatic heterocycles. The number of carbonyl (C=O) groups is 1. The minimum Gasteiger partial charge on any atom is -0.394 e. The molecular formula is C16H26N2O2. The summed E-state index contributed by atoms with van der Waals surface area (Å²) in [6, 6.07) is 7.46. The van der Waals surface area contributed by atoms with E-state index < -0.39 is 0 Å². The number of hydrogen-bond acceptors (Lipinski definition) is 2. The molecule has 1 rings (SSSR count). The van der Waals surface area contributed by atoms with Gasteiger partial charge in [0.2, 0.25) is 0 Å². The average molecular weight is 278 g/mol. The van der Waals surface area contributed by atoms with Crippen LogP contribution in [-0.2, 0) is 0 Å². The van der Waals surface area contributed by atoms with Crippen molar-refractivity contribution < 1.29 is 9.90 Å². The van der Waals surface area contributed by atoms with Crippen LogP contribution in [-0.4, -0.2) is 23.8 Å². The summed E-state index contributed by atoms with van der Waals surface area (Å²) in [5.74, 6) is 0. The Hall–Kier alpha value is -1.55. The van der Waals surface area contributed by atoms with Gasteiger partial charge in [0.25, 0.3) is 0 Å². The van der Waals surface area contributed by atoms with Crippen molar-refractivity contribution in [2.75, 3.05) is 6.61 Å². The van der Waals surface area contributed by atoms with E-state index in [-0.39, 0.29) is 30.1 Å². The van der Waals surface area contributed by atoms with Gasteiger partial charge in [-0.25, -0.2) is 4.79 Å². The smallest absolute Gasteiger partial charge is 0.315 e. The molecule has 0 aliphatic carbocycles. The van der Waals surface area contributed by atoms with Crippen molar-refractivity contribution >= 4 is 6.03 Å². The van der Waals surface area contributed by atoms with Gasteiger partial charge in [0, 0.05) is 0 Å². The summed E-state index contributed by atoms with van der Waals surface area (Å²) in [5.41, 5.74) is 2.17. The summed E-state index contributed by atoms with van der Waals surface area (Å²) in [7, 11) is 0. The van der Waals surface area contributed by atoms with E-state index in [1.165, 1.54) is 0 Å². The van der Waals surface area contributed by atoms with E-state index in [9.17, 15) is 4.79 Å². The van der Waals surface area contributed by atoms with Crippen LogP contribution >= 0.6 is 0 Å². The summed E-state index contributed by atoms with van der Waals surface area (Å²) in [6.45, 7) is 10.0. The Morgan fingerprint density at radius 3 is 2.35 bits per heavy atom. The Bertz CT molecular complexity index is 452. The summed E-state index contributed by atoms with van der Waals surface area (Å²) in [6.07, 6.45) is 0. The number of hydrogen-bond donors (Lipinski definition) is 3. The maximum Gasteiger partial charge on any atom is 0.315 e. The minimum absolute atomic E-state index is 0.0715. The predicted molar refractivity (Wildman–Crippen MR) is 81.6 cm³/mol. The molecule has 0 fully saturated rings. The molecule has 4 heteroatoms. The number of urea groups is 1. The van der Waals surface area contributed by atoms with Crippen LogP contribution in [0, 0.1) is 12.3 Å². The molecule has 2 amide bonds. The van der Waals surface area contributed by atoms with Gasteiger partial charge in [0.05, 0.1) is 18.7 Å². The molecular weight excluding hydrogens is 252 g/mol. The van der Waals surface area contributed by atoms with Crippen molar-refractivity contribution in [3.05, 3.63) is 35.4 Å². The van der Waals surface area contributed by atoms with Gasteiger partial charge in [0.1, 0.15) is 0 Å². The van der Waals surface area contributed by atoms with Crippen molar-refractivity contribution in [3.63, 3.8) is 0 Å². The molecule has 3 N–H and O–H groups in total. The van der Waals surface area contributed by atoms with Crippen molar-refractivity contribution in [1.29, 1.82) is 0 Å². The van der Waals surface area contributed by atoms with Gasteiger partial charge >= 0.3 is 6.03 Å². The third kappa shape index (κ3) is 4.53. The molecule has 0 saturated carbocycles. The van der Waals surface area contributed by atoms with Crippen LogP contribution in [0.2, 0.25) is 0 Å². The van der Waals surface area contributed by atoms with Crippen LogP contribution in [0.5, 0.6) is 0 Å². The second kappa shape index (κ2) is 6.75. The third-order valence-electron chi connectivity index (χ3n) is 3.29. The zero-order chi connectivity index (χ0) is 15.3. The highest BCUT2D eigenvalue weighted by molar-refractivity contribution is 5.75. The zero-order valence-corrected chi connectivity index (χ0v) is 13.0. The molecule has 1 unspecified atom stereocenters. The zero-order valence-electron chi connectivity index (χ0n) is 13.0. The van der Waals surface area contributed by atoms with Gasteiger partial charge in [-0.15, -0.1) is 0 Å². The van der Waals surface area contributed by atoms with E-state index in [0.717, 1.165) is 11.1 Å². The average Bonchev–Trinajstić information content (AvgIpc) is 2.35. The van der Waals surface area contributed by atoms with E-state index in [0.29, 0.717) is 0 Å². The Morgan fingerprint density at radius 1 is 1.25 bits per heavy atom. The molecule has 0 bridgehead atoms. The van der Waals surface area contributed by atoms with Crippen LogP contribution < -0.4 is 10.6 Å². The van der Waals surface area contributed by atoms with Gasteiger partial charge in [-0.2, -0.15) is 0 Å². The van der Waals surface area contributed by atoms with Crippen molar-refractivity contribution in [3.8, 4) is 0 Å². The minimum atomic E-state index is -0.257. The third-order valence-corrected chi connectivity index (χ3v) is 3.29. The molecule has 0 radical (unpaired) electrons. The first-order chi connectivity index (χ1) is 9.25. The van der Waals surface area contributed by atoms with Gasteiger partial charge < -0.3 is 15.7 Å². The highest BCUT2D eigenvalue weighted by Crippen LogP contribution is 2.34. The molecule has 0 aliphatic rings. The second-order valence-corrected chi connectivity index (χ2v) is 6.36. The number of rotatable bonds is 4. The molecule has 112 valence electrons. The Balaban J connectivity index is 2.93. The van der Waals surface area contributed by atoms with Crippen LogP contribution in [0.3, 0.4) is 0 Å². The van der Waals surface area contributed by atoms with Gasteiger partial charge in [-0.1, -0.05) is 45.0 Å². The monoisotopic (exact) mass is 278 g/mol. The predicted octanol–water partition coefficient (Wildman–Crippen LogP) is 2.76. The van der Waals surface area contributed by atoms with Crippen molar-refractivity contribution in [2.45, 2.75) is 46.7 Å². The van der Waals surface area contributed by atoms with Crippen LogP contribution in [0.1, 0.15) is 44.9 Å². The van der Waals surface area contributed by atoms with E-state index in [1.54, 1.807) is 6.92 Å². The number of carbonyl (C=O) groups excluding carboxylic acids is 1. The summed E-state index contributed by atoms with van der Waals surface area (Å²) in [4.78, 5) is 12.0. The Labute approximate surface area is 121 Å². The number of nitrogens with one attached hydrogen (secondary N) is 2. The van der Waals surface area contributed by atoms with E-state index >= 15 is 0 Å². The van der Waals surface area contributed by atoms with Crippen molar-refractivity contribution in [1.82, 2.24) is 10.6 Å². The molecule has 1 aromatic rings. The fourth-order valence-electron chi connectivity index (χ4n) is 2.11. The highest BCUT2D eigenvalue weighted by atomic mass is 16.3. The molecule has 1 aromatic carbocycles. The largest absolute Gasteiger partial charge is 0.394 e. The molecule has 20 heavy (non-hydrogen) atoms. The van der Waals surface area contributed by atoms with Gasteiger partial charge in [0.15, 0.2) is 0 Å². The molecule has 4 nitrogen and oxygen atoms in total. The normalized spacial score (nSPS) is 14.5. The first-order valence-electron chi connectivity index (χ1n) is 6.99. The molecule has 0 heterocycles. The van der Waals surface area contributed by atoms with Crippen molar-refractivity contribution in [2.24, 2.45) is 5.41 Å².